The Balaban J connectivity index is 0.897. The normalized spacial score (nSPS) is 12.4. The Morgan fingerprint density at radius 3 is 0.986 bits per heavy atom. The van der Waals surface area contributed by atoms with Crippen molar-refractivity contribution in [2.45, 2.75) is 13.8 Å². The van der Waals surface area contributed by atoms with Gasteiger partial charge in [-0.05, 0) is 121 Å². The van der Waals surface area contributed by atoms with Gasteiger partial charge in [0.15, 0.2) is 0 Å². The average molecular weight is 895 g/mol. The van der Waals surface area contributed by atoms with Crippen LogP contribution in [0, 0.1) is 13.8 Å². The maximum Gasteiger partial charge on any atom is 0.0641 e. The molecule has 0 fully saturated rings. The van der Waals surface area contributed by atoms with E-state index >= 15 is 0 Å². The Hall–Kier alpha value is -9.12. The van der Waals surface area contributed by atoms with E-state index in [-0.39, 0.29) is 0 Å². The van der Waals surface area contributed by atoms with Crippen LogP contribution in [0.15, 0.2) is 243 Å². The van der Waals surface area contributed by atoms with E-state index in [1.165, 1.54) is 88.8 Å². The molecule has 4 nitrogen and oxygen atoms in total. The molecular formula is C66H46N4. The lowest BCUT2D eigenvalue weighted by atomic mass is 9.94. The summed E-state index contributed by atoms with van der Waals surface area (Å²) in [5, 5.41) is 2.48. The Morgan fingerprint density at radius 2 is 0.586 bits per heavy atom. The maximum absolute atomic E-state index is 2.47. The largest absolute Gasteiger partial charge is 0.309 e. The summed E-state index contributed by atoms with van der Waals surface area (Å²) in [7, 11) is 0. The minimum absolute atomic E-state index is 1.13. The minimum Gasteiger partial charge on any atom is -0.309 e. The highest BCUT2D eigenvalue weighted by Crippen LogP contribution is 2.56. The van der Waals surface area contributed by atoms with Crippen LogP contribution in [-0.2, 0) is 0 Å². The number of aromatic nitrogens is 2. The predicted molar refractivity (Wildman–Crippen MR) is 293 cm³/mol. The molecule has 330 valence electrons. The van der Waals surface area contributed by atoms with E-state index in [1.807, 2.05) is 0 Å². The van der Waals surface area contributed by atoms with Crippen molar-refractivity contribution in [1.29, 1.82) is 0 Å². The zero-order chi connectivity index (χ0) is 46.5. The standard InChI is InChI=1S/C66H46N4/c1-43-41-47(67-57-31-15-9-25-51(57)63-53-27-11-17-33-59(53)69(45-21-5-3-6-22-45)65(63)55-29-13-19-35-61(55)67)37-39-49(43)50-40-38-48(42-44(50)2)68-58-32-16-10-26-52(58)64-54-28-12-18-34-60(54)70(46-23-7-4-8-24-46)66(64)56-30-14-20-36-62(56)68/h3-42H,1-2H3. The predicted octanol–water partition coefficient (Wildman–Crippen LogP) is 18.1. The lowest BCUT2D eigenvalue weighted by Gasteiger charge is -2.29. The molecule has 0 saturated heterocycles. The Kier molecular flexibility index (Phi) is 8.99. The number of benzene rings is 10. The Morgan fingerprint density at radius 1 is 0.257 bits per heavy atom. The lowest BCUT2D eigenvalue weighted by molar-refractivity contribution is 1.13. The van der Waals surface area contributed by atoms with Gasteiger partial charge in [0, 0.05) is 66.9 Å². The topological polar surface area (TPSA) is 16.3 Å². The van der Waals surface area contributed by atoms with Crippen LogP contribution < -0.4 is 9.80 Å². The first-order chi connectivity index (χ1) is 34.6. The van der Waals surface area contributed by atoms with Gasteiger partial charge in [-0.2, -0.15) is 0 Å². The summed E-state index contributed by atoms with van der Waals surface area (Å²) < 4.78 is 4.91. The van der Waals surface area contributed by atoms with Crippen LogP contribution in [0.3, 0.4) is 0 Å². The second kappa shape index (κ2) is 15.7. The molecule has 0 aliphatic carbocycles. The molecular weight excluding hydrogens is 849 g/mol. The van der Waals surface area contributed by atoms with Crippen molar-refractivity contribution in [3.63, 3.8) is 0 Å². The number of hydrogen-bond acceptors (Lipinski definition) is 2. The van der Waals surface area contributed by atoms with Gasteiger partial charge in [0.2, 0.25) is 0 Å². The molecule has 0 saturated carbocycles. The molecule has 12 aromatic rings. The summed E-state index contributed by atoms with van der Waals surface area (Å²) in [5.74, 6) is 0. The molecule has 0 amide bonds. The molecule has 2 aliphatic rings. The van der Waals surface area contributed by atoms with Crippen LogP contribution >= 0.6 is 0 Å². The Bertz CT molecular complexity index is 3780. The van der Waals surface area contributed by atoms with Crippen LogP contribution in [-0.4, -0.2) is 9.13 Å². The molecule has 4 heterocycles. The first-order valence-electron chi connectivity index (χ1n) is 24.2. The van der Waals surface area contributed by atoms with Crippen LogP contribution in [0.5, 0.6) is 0 Å². The number of para-hydroxylation sites is 8. The van der Waals surface area contributed by atoms with E-state index < -0.39 is 0 Å². The van der Waals surface area contributed by atoms with Gasteiger partial charge in [0.05, 0.1) is 45.2 Å². The molecule has 4 heteroatoms. The number of aryl methyl sites for hydroxylation is 2. The van der Waals surface area contributed by atoms with Crippen LogP contribution in [0.25, 0.3) is 89.1 Å². The molecule has 0 N–H and O–H groups in total. The minimum atomic E-state index is 1.13. The summed E-state index contributed by atoms with van der Waals surface area (Å²) in [6, 6.07) is 89.0. The number of hydrogen-bond donors (Lipinski definition) is 0. The quantitative estimate of drug-likeness (QED) is 0.171. The first-order valence-corrected chi connectivity index (χ1v) is 24.2. The first kappa shape index (κ1) is 40.0. The number of rotatable bonds is 5. The van der Waals surface area contributed by atoms with Gasteiger partial charge in [-0.15, -0.1) is 0 Å². The summed E-state index contributed by atoms with van der Waals surface area (Å²) in [5.41, 5.74) is 26.1. The molecule has 0 bridgehead atoms. The summed E-state index contributed by atoms with van der Waals surface area (Å²) >= 11 is 0. The zero-order valence-electron chi connectivity index (χ0n) is 38.9. The highest BCUT2D eigenvalue weighted by Gasteiger charge is 2.33. The van der Waals surface area contributed by atoms with Gasteiger partial charge in [0.1, 0.15) is 0 Å². The molecule has 70 heavy (non-hydrogen) atoms. The van der Waals surface area contributed by atoms with E-state index in [1.54, 1.807) is 0 Å². The molecule has 2 aromatic heterocycles. The van der Waals surface area contributed by atoms with Gasteiger partial charge in [-0.3, -0.25) is 0 Å². The van der Waals surface area contributed by atoms with Crippen molar-refractivity contribution >= 4 is 55.9 Å². The van der Waals surface area contributed by atoms with Gasteiger partial charge < -0.3 is 18.9 Å². The van der Waals surface area contributed by atoms with Gasteiger partial charge >= 0.3 is 0 Å². The molecule has 2 aliphatic heterocycles. The lowest BCUT2D eigenvalue weighted by Crippen LogP contribution is -2.12. The van der Waals surface area contributed by atoms with Gasteiger partial charge in [0.25, 0.3) is 0 Å². The Labute approximate surface area is 407 Å². The third-order valence-electron chi connectivity index (χ3n) is 14.6. The van der Waals surface area contributed by atoms with E-state index in [0.717, 1.165) is 45.5 Å². The summed E-state index contributed by atoms with van der Waals surface area (Å²) in [6.07, 6.45) is 0. The van der Waals surface area contributed by atoms with Crippen molar-refractivity contribution in [3.8, 4) is 67.3 Å². The van der Waals surface area contributed by atoms with Crippen molar-refractivity contribution in [2.24, 2.45) is 0 Å². The molecule has 0 atom stereocenters. The van der Waals surface area contributed by atoms with E-state index in [0.29, 0.717) is 0 Å². The van der Waals surface area contributed by atoms with Crippen LogP contribution in [0.1, 0.15) is 11.1 Å². The number of nitrogens with zero attached hydrogens (tertiary/aromatic N) is 4. The van der Waals surface area contributed by atoms with Gasteiger partial charge in [-0.1, -0.05) is 158 Å². The zero-order valence-corrected chi connectivity index (χ0v) is 38.9. The highest BCUT2D eigenvalue weighted by molar-refractivity contribution is 6.14. The van der Waals surface area contributed by atoms with Gasteiger partial charge in [-0.25, -0.2) is 0 Å². The maximum atomic E-state index is 2.47. The van der Waals surface area contributed by atoms with E-state index in [4.69, 9.17) is 0 Å². The molecule has 10 aromatic carbocycles. The van der Waals surface area contributed by atoms with Crippen molar-refractivity contribution in [3.05, 3.63) is 254 Å². The van der Waals surface area contributed by atoms with Crippen LogP contribution in [0.4, 0.5) is 34.1 Å². The molecule has 0 radical (unpaired) electrons. The fourth-order valence-corrected chi connectivity index (χ4v) is 11.7. The monoisotopic (exact) mass is 894 g/mol. The molecule has 0 unspecified atom stereocenters. The fraction of sp³-hybridized carbons (Fsp3) is 0.0303. The smallest absolute Gasteiger partial charge is 0.0641 e. The third kappa shape index (κ3) is 5.90. The second-order valence-corrected chi connectivity index (χ2v) is 18.6. The highest BCUT2D eigenvalue weighted by atomic mass is 15.2. The molecule has 0 spiro atoms. The van der Waals surface area contributed by atoms with E-state index in [2.05, 4.69) is 275 Å². The third-order valence-corrected chi connectivity index (χ3v) is 14.6. The summed E-state index contributed by atoms with van der Waals surface area (Å²) in [6.45, 7) is 4.52. The van der Waals surface area contributed by atoms with Crippen molar-refractivity contribution in [1.82, 2.24) is 9.13 Å². The average Bonchev–Trinajstić information content (AvgIpc) is 3.86. The second-order valence-electron chi connectivity index (χ2n) is 18.6. The van der Waals surface area contributed by atoms with Crippen LogP contribution in [0.2, 0.25) is 0 Å². The van der Waals surface area contributed by atoms with Crippen molar-refractivity contribution < 1.29 is 0 Å². The number of fused-ring (bicyclic) bond motifs is 14. The van der Waals surface area contributed by atoms with E-state index in [9.17, 15) is 0 Å². The summed E-state index contributed by atoms with van der Waals surface area (Å²) in [4.78, 5) is 4.94. The van der Waals surface area contributed by atoms with Crippen molar-refractivity contribution in [2.75, 3.05) is 9.80 Å². The molecule has 14 rings (SSSR count). The fourth-order valence-electron chi connectivity index (χ4n) is 11.7. The number of anilines is 6. The SMILES string of the molecule is Cc1cc(N2c3ccccc3-c3c(n(-c4ccccc4)c4ccccc34)-c3ccccc32)ccc1-c1ccc(N2c3ccccc3-c3c(n(-c4ccccc4)c4ccccc34)-c3ccccc32)cc1C.